The van der Waals surface area contributed by atoms with Crippen LogP contribution >= 0.6 is 34.4 Å². The third-order valence-electron chi connectivity index (χ3n) is 3.39. The topological polar surface area (TPSA) is 118 Å². The van der Waals surface area contributed by atoms with Gasteiger partial charge in [0.05, 0.1) is 12.2 Å². The van der Waals surface area contributed by atoms with Crippen molar-refractivity contribution in [3.8, 4) is 6.07 Å². The van der Waals surface area contributed by atoms with Crippen LogP contribution in [-0.4, -0.2) is 27.8 Å². The number of rotatable bonds is 7. The lowest BCUT2D eigenvalue weighted by Crippen LogP contribution is -2.05. The number of thioether (sulfide) groups is 1. The van der Waals surface area contributed by atoms with Gasteiger partial charge < -0.3 is 10.5 Å². The highest BCUT2D eigenvalue weighted by Gasteiger charge is 2.23. The summed E-state index contributed by atoms with van der Waals surface area (Å²) in [5, 5.41) is 19.3. The smallest absolute Gasteiger partial charge is 0.348 e. The summed E-state index contributed by atoms with van der Waals surface area (Å²) in [6.07, 6.45) is 0.689. The minimum atomic E-state index is -0.463. The predicted molar refractivity (Wildman–Crippen MR) is 102 cm³/mol. The highest BCUT2D eigenvalue weighted by atomic mass is 32.2. The Balaban J connectivity index is 1.74. The fourth-order valence-corrected chi connectivity index (χ4v) is 4.82. The zero-order chi connectivity index (χ0) is 18.5. The molecule has 0 aliphatic heterocycles. The average Bonchev–Trinajstić information content (AvgIpc) is 3.34. The standard InChI is InChI=1S/C16H15N5O2S3/c1-2-23-15(22)13-11(10(7-17)14(18)26-13)8-25-16-19-12(20-21-16)6-9-4-3-5-24-9/h3-5H,2,6,8,18H2,1H3,(H,19,20,21). The average molecular weight is 406 g/mol. The molecule has 3 heterocycles. The van der Waals surface area contributed by atoms with Crippen LogP contribution in [-0.2, 0) is 16.9 Å². The lowest BCUT2D eigenvalue weighted by Gasteiger charge is -2.03. The summed E-state index contributed by atoms with van der Waals surface area (Å²) in [6, 6.07) is 6.10. The summed E-state index contributed by atoms with van der Waals surface area (Å²) in [5.41, 5.74) is 6.77. The second kappa shape index (κ2) is 8.35. The molecule has 0 aliphatic carbocycles. The molecule has 0 radical (unpaired) electrons. The first-order valence-corrected chi connectivity index (χ1v) is 10.3. The van der Waals surface area contributed by atoms with Crippen LogP contribution in [0.3, 0.4) is 0 Å². The SMILES string of the molecule is CCOC(=O)c1sc(N)c(C#N)c1CSc1n[nH]c(Cc2cccs2)n1. The first-order valence-electron chi connectivity index (χ1n) is 7.67. The van der Waals surface area contributed by atoms with Gasteiger partial charge in [0, 0.05) is 22.6 Å². The third-order valence-corrected chi connectivity index (χ3v) is 6.18. The van der Waals surface area contributed by atoms with Crippen molar-refractivity contribution in [2.24, 2.45) is 0 Å². The quantitative estimate of drug-likeness (QED) is 0.456. The first-order chi connectivity index (χ1) is 12.6. The van der Waals surface area contributed by atoms with Crippen LogP contribution in [0.4, 0.5) is 5.00 Å². The molecule has 0 amide bonds. The number of nitrogens with two attached hydrogens (primary N) is 1. The maximum atomic E-state index is 12.1. The molecular formula is C16H15N5O2S3. The fraction of sp³-hybridized carbons (Fsp3) is 0.250. The molecule has 0 unspecified atom stereocenters. The molecule has 0 atom stereocenters. The van der Waals surface area contributed by atoms with Gasteiger partial charge in [-0.3, -0.25) is 5.10 Å². The van der Waals surface area contributed by atoms with Crippen molar-refractivity contribution in [1.82, 2.24) is 15.2 Å². The van der Waals surface area contributed by atoms with Gasteiger partial charge in [-0.2, -0.15) is 5.26 Å². The molecule has 26 heavy (non-hydrogen) atoms. The number of nitrogens with one attached hydrogen (secondary N) is 1. The highest BCUT2D eigenvalue weighted by molar-refractivity contribution is 7.98. The Hall–Kier alpha value is -2.35. The minimum Gasteiger partial charge on any atom is -0.462 e. The van der Waals surface area contributed by atoms with Gasteiger partial charge in [0.25, 0.3) is 0 Å². The van der Waals surface area contributed by atoms with Gasteiger partial charge in [0.2, 0.25) is 5.16 Å². The fourth-order valence-electron chi connectivity index (χ4n) is 2.24. The van der Waals surface area contributed by atoms with E-state index >= 15 is 0 Å². The summed E-state index contributed by atoms with van der Waals surface area (Å²) in [7, 11) is 0. The predicted octanol–water partition coefficient (Wildman–Crippen LogP) is 3.44. The van der Waals surface area contributed by atoms with Crippen molar-refractivity contribution < 1.29 is 9.53 Å². The van der Waals surface area contributed by atoms with E-state index in [-0.39, 0.29) is 6.61 Å². The van der Waals surface area contributed by atoms with Crippen molar-refractivity contribution in [2.45, 2.75) is 24.3 Å². The number of hydrogen-bond acceptors (Lipinski definition) is 9. The van der Waals surface area contributed by atoms with Gasteiger partial charge in [0.1, 0.15) is 21.8 Å². The molecule has 134 valence electrons. The number of nitrogen functional groups attached to an aromatic ring is 1. The molecule has 3 aromatic rings. The van der Waals surface area contributed by atoms with Crippen LogP contribution in [0, 0.1) is 11.3 Å². The van der Waals surface area contributed by atoms with Crippen molar-refractivity contribution in [3.63, 3.8) is 0 Å². The Morgan fingerprint density at radius 3 is 3.08 bits per heavy atom. The van der Waals surface area contributed by atoms with Crippen molar-refractivity contribution >= 4 is 45.4 Å². The number of nitriles is 1. The summed E-state index contributed by atoms with van der Waals surface area (Å²) in [4.78, 5) is 18.1. The molecule has 7 nitrogen and oxygen atoms in total. The van der Waals surface area contributed by atoms with Gasteiger partial charge in [-0.25, -0.2) is 9.78 Å². The normalized spacial score (nSPS) is 10.6. The monoisotopic (exact) mass is 405 g/mol. The van der Waals surface area contributed by atoms with Gasteiger partial charge in [-0.15, -0.1) is 27.8 Å². The zero-order valence-corrected chi connectivity index (χ0v) is 16.3. The second-order valence-electron chi connectivity index (χ2n) is 5.09. The maximum absolute atomic E-state index is 12.1. The van der Waals surface area contributed by atoms with E-state index in [2.05, 4.69) is 21.3 Å². The van der Waals surface area contributed by atoms with Gasteiger partial charge in [-0.1, -0.05) is 17.8 Å². The van der Waals surface area contributed by atoms with E-state index in [1.165, 1.54) is 16.6 Å². The number of ether oxygens (including phenoxy) is 1. The number of hydrogen-bond donors (Lipinski definition) is 2. The van der Waals surface area contributed by atoms with Crippen molar-refractivity contribution in [1.29, 1.82) is 5.26 Å². The van der Waals surface area contributed by atoms with E-state index in [0.29, 0.717) is 38.3 Å². The Morgan fingerprint density at radius 2 is 2.38 bits per heavy atom. The molecule has 0 saturated carbocycles. The molecule has 3 aromatic heterocycles. The Labute approximate surface area is 162 Å². The summed E-state index contributed by atoms with van der Waals surface area (Å²) in [6.45, 7) is 2.00. The van der Waals surface area contributed by atoms with E-state index in [0.717, 1.165) is 17.2 Å². The molecule has 3 N–H and O–H groups in total. The molecular weight excluding hydrogens is 390 g/mol. The van der Waals surface area contributed by atoms with Crippen LogP contribution in [0.25, 0.3) is 0 Å². The number of esters is 1. The van der Waals surface area contributed by atoms with Crippen molar-refractivity contribution in [3.05, 3.63) is 44.2 Å². The molecule has 3 rings (SSSR count). The number of thiophene rings is 2. The molecule has 0 saturated heterocycles. The third kappa shape index (κ3) is 4.07. The van der Waals surface area contributed by atoms with Gasteiger partial charge in [0.15, 0.2) is 0 Å². The van der Waals surface area contributed by atoms with Crippen LogP contribution in [0.5, 0.6) is 0 Å². The van der Waals surface area contributed by atoms with E-state index in [1.807, 2.05) is 17.5 Å². The van der Waals surface area contributed by atoms with Gasteiger partial charge in [-0.05, 0) is 18.4 Å². The zero-order valence-electron chi connectivity index (χ0n) is 13.8. The number of aromatic amines is 1. The molecule has 0 aromatic carbocycles. The summed E-state index contributed by atoms with van der Waals surface area (Å²) in [5.74, 6) is 0.668. The number of carbonyl (C=O) groups excluding carboxylic acids is 1. The molecule has 10 heteroatoms. The first kappa shape index (κ1) is 18.4. The van der Waals surface area contributed by atoms with Crippen LogP contribution in [0.2, 0.25) is 0 Å². The number of nitrogens with zero attached hydrogens (tertiary/aromatic N) is 3. The van der Waals surface area contributed by atoms with Crippen LogP contribution < -0.4 is 5.73 Å². The highest BCUT2D eigenvalue weighted by Crippen LogP contribution is 2.35. The maximum Gasteiger partial charge on any atom is 0.348 e. The number of carbonyl (C=O) groups is 1. The number of anilines is 1. The molecule has 0 bridgehead atoms. The van der Waals surface area contributed by atoms with E-state index in [4.69, 9.17) is 10.5 Å². The van der Waals surface area contributed by atoms with Crippen LogP contribution in [0.15, 0.2) is 22.7 Å². The van der Waals surface area contributed by atoms with Crippen LogP contribution in [0.1, 0.15) is 38.4 Å². The number of aromatic nitrogens is 3. The molecule has 0 spiro atoms. The van der Waals surface area contributed by atoms with E-state index in [9.17, 15) is 10.1 Å². The summed E-state index contributed by atoms with van der Waals surface area (Å²) >= 11 is 4.08. The lowest BCUT2D eigenvalue weighted by molar-refractivity contribution is 0.0531. The van der Waals surface area contributed by atoms with E-state index in [1.54, 1.807) is 18.3 Å². The number of H-pyrrole nitrogens is 1. The molecule has 0 fully saturated rings. The minimum absolute atomic E-state index is 0.262. The van der Waals surface area contributed by atoms with Crippen molar-refractivity contribution in [2.75, 3.05) is 12.3 Å². The Morgan fingerprint density at radius 1 is 1.54 bits per heavy atom. The largest absolute Gasteiger partial charge is 0.462 e. The molecule has 0 aliphatic rings. The Kier molecular flexibility index (Phi) is 5.92. The van der Waals surface area contributed by atoms with E-state index < -0.39 is 5.97 Å². The summed E-state index contributed by atoms with van der Waals surface area (Å²) < 4.78 is 5.06. The Bertz CT molecular complexity index is 940. The van der Waals surface area contributed by atoms with Gasteiger partial charge >= 0.3 is 5.97 Å². The lowest BCUT2D eigenvalue weighted by atomic mass is 10.2. The second-order valence-corrected chi connectivity index (χ2v) is 8.12.